The molecule has 0 saturated carbocycles. The van der Waals surface area contributed by atoms with Gasteiger partial charge in [0.15, 0.2) is 0 Å². The molecule has 3 heteroatoms. The molecule has 2 nitrogen and oxygen atoms in total. The average molecular weight is 205 g/mol. The lowest BCUT2D eigenvalue weighted by Gasteiger charge is -2.04. The van der Waals surface area contributed by atoms with E-state index >= 15 is 0 Å². The van der Waals surface area contributed by atoms with Crippen molar-refractivity contribution in [2.75, 3.05) is 0 Å². The highest BCUT2D eigenvalue weighted by atomic mass is 19.1. The largest absolute Gasteiger partial charge is 0.344 e. The van der Waals surface area contributed by atoms with Crippen LogP contribution in [0.15, 0.2) is 24.3 Å². The molecule has 0 atom stereocenters. The third kappa shape index (κ3) is 1.65. The molecule has 0 radical (unpaired) electrons. The lowest BCUT2D eigenvalue weighted by molar-refractivity contribution is -0.107. The minimum Gasteiger partial charge on any atom is -0.344 e. The van der Waals surface area contributed by atoms with E-state index in [1.165, 1.54) is 12.1 Å². The molecule has 15 heavy (non-hydrogen) atoms. The Bertz CT molecular complexity index is 502. The minimum absolute atomic E-state index is 0.242. The Hall–Kier alpha value is -1.64. The molecule has 0 bridgehead atoms. The number of fused-ring (bicyclic) bond motifs is 1. The number of benzene rings is 1. The summed E-state index contributed by atoms with van der Waals surface area (Å²) >= 11 is 0. The smallest absolute Gasteiger partial charge is 0.125 e. The van der Waals surface area contributed by atoms with Crippen molar-refractivity contribution < 1.29 is 9.18 Å². The fourth-order valence-corrected chi connectivity index (χ4v) is 1.93. The summed E-state index contributed by atoms with van der Waals surface area (Å²) in [6.07, 6.45) is 1.25. The zero-order valence-electron chi connectivity index (χ0n) is 8.53. The molecule has 1 heterocycles. The van der Waals surface area contributed by atoms with Crippen molar-refractivity contribution in [3.63, 3.8) is 0 Å². The van der Waals surface area contributed by atoms with Crippen molar-refractivity contribution in [2.24, 2.45) is 0 Å². The summed E-state index contributed by atoms with van der Waals surface area (Å²) in [5.74, 6) is -0.242. The Morgan fingerprint density at radius 2 is 2.20 bits per heavy atom. The van der Waals surface area contributed by atoms with E-state index in [1.807, 2.05) is 17.6 Å². The van der Waals surface area contributed by atoms with Gasteiger partial charge >= 0.3 is 0 Å². The lowest BCUT2D eigenvalue weighted by Crippen LogP contribution is -2.00. The Labute approximate surface area is 87.3 Å². The Balaban J connectivity index is 2.66. The van der Waals surface area contributed by atoms with Crippen LogP contribution in [-0.4, -0.2) is 10.9 Å². The van der Waals surface area contributed by atoms with Crippen LogP contribution in [-0.2, 0) is 17.8 Å². The fraction of sp³-hybridized carbons (Fsp3) is 0.250. The van der Waals surface area contributed by atoms with Crippen LogP contribution in [0.5, 0.6) is 0 Å². The molecule has 0 aliphatic carbocycles. The van der Waals surface area contributed by atoms with Gasteiger partial charge in [-0.15, -0.1) is 0 Å². The molecule has 0 spiro atoms. The number of hydrogen-bond acceptors (Lipinski definition) is 1. The van der Waals surface area contributed by atoms with E-state index in [4.69, 9.17) is 0 Å². The molecule has 0 amide bonds. The average Bonchev–Trinajstić information content (AvgIpc) is 2.54. The molecule has 0 saturated heterocycles. The molecule has 0 aliphatic rings. The highest BCUT2D eigenvalue weighted by Crippen LogP contribution is 2.21. The third-order valence-electron chi connectivity index (χ3n) is 2.56. The monoisotopic (exact) mass is 205 g/mol. The quantitative estimate of drug-likeness (QED) is 0.706. The number of hydrogen-bond donors (Lipinski definition) is 0. The van der Waals surface area contributed by atoms with Crippen LogP contribution in [0.1, 0.15) is 12.6 Å². The maximum atomic E-state index is 13.0. The number of carbonyl (C=O) groups excluding carboxylic acids is 1. The number of aromatic nitrogens is 1. The van der Waals surface area contributed by atoms with Crippen LogP contribution >= 0.6 is 0 Å². The zero-order valence-corrected chi connectivity index (χ0v) is 8.53. The van der Waals surface area contributed by atoms with E-state index in [0.717, 1.165) is 29.4 Å². The van der Waals surface area contributed by atoms with Gasteiger partial charge in [0.2, 0.25) is 0 Å². The van der Waals surface area contributed by atoms with Gasteiger partial charge in [-0.05, 0) is 31.2 Å². The third-order valence-corrected chi connectivity index (χ3v) is 2.56. The number of aldehydes is 1. The molecule has 1 aromatic carbocycles. The first-order valence-electron chi connectivity index (χ1n) is 4.97. The molecule has 1 aromatic heterocycles. The van der Waals surface area contributed by atoms with E-state index < -0.39 is 0 Å². The van der Waals surface area contributed by atoms with Crippen molar-refractivity contribution in [1.29, 1.82) is 0 Å². The summed E-state index contributed by atoms with van der Waals surface area (Å²) in [5.41, 5.74) is 1.92. The summed E-state index contributed by atoms with van der Waals surface area (Å²) in [6, 6.07) is 6.56. The molecule has 2 rings (SSSR count). The van der Waals surface area contributed by atoms with Crippen molar-refractivity contribution in [1.82, 2.24) is 4.57 Å². The molecule has 0 N–H and O–H groups in total. The Kier molecular flexibility index (Phi) is 2.54. The number of halogens is 1. The van der Waals surface area contributed by atoms with Crippen molar-refractivity contribution in [3.8, 4) is 0 Å². The maximum absolute atomic E-state index is 13.0. The Morgan fingerprint density at radius 1 is 1.40 bits per heavy atom. The molecule has 2 aromatic rings. The number of rotatable bonds is 3. The second-order valence-corrected chi connectivity index (χ2v) is 3.45. The van der Waals surface area contributed by atoms with Crippen LogP contribution in [0.25, 0.3) is 10.9 Å². The van der Waals surface area contributed by atoms with E-state index in [9.17, 15) is 9.18 Å². The summed E-state index contributed by atoms with van der Waals surface area (Å²) in [5, 5.41) is 0.855. The number of carbonyl (C=O) groups is 1. The normalized spacial score (nSPS) is 10.8. The molecule has 0 fully saturated rings. The first-order chi connectivity index (χ1) is 7.26. The number of aryl methyl sites for hydroxylation is 1. The molecule has 78 valence electrons. The topological polar surface area (TPSA) is 22.0 Å². The molecular formula is C12H12FNO. The van der Waals surface area contributed by atoms with Crippen LogP contribution in [0.4, 0.5) is 4.39 Å². The predicted octanol–water partition coefficient (Wildman–Crippen LogP) is 2.54. The summed E-state index contributed by atoms with van der Waals surface area (Å²) in [7, 11) is 0. The lowest BCUT2D eigenvalue weighted by atomic mass is 10.2. The van der Waals surface area contributed by atoms with Crippen LogP contribution in [0.3, 0.4) is 0 Å². The van der Waals surface area contributed by atoms with Gasteiger partial charge in [-0.2, -0.15) is 0 Å². The van der Waals surface area contributed by atoms with Gasteiger partial charge < -0.3 is 9.36 Å². The second kappa shape index (κ2) is 3.85. The predicted molar refractivity (Wildman–Crippen MR) is 57.3 cm³/mol. The summed E-state index contributed by atoms with van der Waals surface area (Å²) in [6.45, 7) is 2.80. The SMILES string of the molecule is CCn1c(CC=O)cc2cc(F)ccc21. The van der Waals surface area contributed by atoms with Crippen LogP contribution in [0, 0.1) is 5.82 Å². The summed E-state index contributed by atoms with van der Waals surface area (Å²) in [4.78, 5) is 10.5. The van der Waals surface area contributed by atoms with Crippen LogP contribution < -0.4 is 0 Å². The van der Waals surface area contributed by atoms with E-state index in [2.05, 4.69) is 0 Å². The summed E-state index contributed by atoms with van der Waals surface area (Å²) < 4.78 is 15.0. The fourth-order valence-electron chi connectivity index (χ4n) is 1.93. The highest BCUT2D eigenvalue weighted by Gasteiger charge is 2.07. The first-order valence-corrected chi connectivity index (χ1v) is 4.97. The maximum Gasteiger partial charge on any atom is 0.125 e. The van der Waals surface area contributed by atoms with Gasteiger partial charge in [0.25, 0.3) is 0 Å². The standard InChI is InChI=1S/C12H12FNO/c1-2-14-11(5-6-15)8-9-7-10(13)3-4-12(9)14/h3-4,6-8H,2,5H2,1H3. The van der Waals surface area contributed by atoms with E-state index in [0.29, 0.717) is 6.42 Å². The zero-order chi connectivity index (χ0) is 10.8. The number of nitrogens with zero attached hydrogens (tertiary/aromatic N) is 1. The van der Waals surface area contributed by atoms with E-state index in [1.54, 1.807) is 6.07 Å². The van der Waals surface area contributed by atoms with Crippen molar-refractivity contribution >= 4 is 17.2 Å². The van der Waals surface area contributed by atoms with Gasteiger partial charge in [-0.3, -0.25) is 0 Å². The van der Waals surface area contributed by atoms with Gasteiger partial charge in [-0.25, -0.2) is 4.39 Å². The van der Waals surface area contributed by atoms with Gasteiger partial charge in [0, 0.05) is 29.6 Å². The van der Waals surface area contributed by atoms with Crippen molar-refractivity contribution in [3.05, 3.63) is 35.8 Å². The second-order valence-electron chi connectivity index (χ2n) is 3.45. The van der Waals surface area contributed by atoms with Gasteiger partial charge in [-0.1, -0.05) is 0 Å². The van der Waals surface area contributed by atoms with Gasteiger partial charge in [0.1, 0.15) is 12.1 Å². The highest BCUT2D eigenvalue weighted by molar-refractivity contribution is 5.82. The van der Waals surface area contributed by atoms with E-state index in [-0.39, 0.29) is 5.82 Å². The first kappa shape index (κ1) is 9.90. The minimum atomic E-state index is -0.242. The molecular weight excluding hydrogens is 193 g/mol. The van der Waals surface area contributed by atoms with Crippen LogP contribution in [0.2, 0.25) is 0 Å². The van der Waals surface area contributed by atoms with Crippen molar-refractivity contribution in [2.45, 2.75) is 19.9 Å². The molecule has 0 unspecified atom stereocenters. The Morgan fingerprint density at radius 3 is 2.87 bits per heavy atom. The van der Waals surface area contributed by atoms with Gasteiger partial charge in [0.05, 0.1) is 0 Å². The molecule has 0 aliphatic heterocycles.